The number of methoxy groups -OCH3 is 2. The lowest BCUT2D eigenvalue weighted by Gasteiger charge is -2.21. The number of hydrogen-bond donors (Lipinski definition) is 0. The molecule has 1 aromatic carbocycles. The fourth-order valence-corrected chi connectivity index (χ4v) is 2.67. The molecule has 0 spiro atoms. The van der Waals surface area contributed by atoms with E-state index in [4.69, 9.17) is 9.47 Å². The number of carbonyl (C=O) groups is 1. The van der Waals surface area contributed by atoms with Crippen molar-refractivity contribution in [2.75, 3.05) is 27.3 Å². The highest BCUT2D eigenvalue weighted by molar-refractivity contribution is 5.91. The second kappa shape index (κ2) is 12.4. The highest BCUT2D eigenvalue weighted by Crippen LogP contribution is 2.28. The summed E-state index contributed by atoms with van der Waals surface area (Å²) in [5.74, 6) is 1.44. The number of rotatable bonds is 12. The zero-order valence-electron chi connectivity index (χ0n) is 16.2. The molecule has 1 rings (SSSR count). The van der Waals surface area contributed by atoms with Crippen LogP contribution in [0.25, 0.3) is 6.08 Å². The fraction of sp³-hybridized carbons (Fsp3) is 0.571. The normalized spacial score (nSPS) is 10.9. The SMILES string of the molecule is CCCCCN(CCCCC)C(=O)C=Cc1ccc(OC)c(OC)c1. The predicted molar refractivity (Wildman–Crippen MR) is 104 cm³/mol. The molecule has 0 radical (unpaired) electrons. The molecule has 0 aromatic heterocycles. The second-order valence-electron chi connectivity index (χ2n) is 6.19. The monoisotopic (exact) mass is 347 g/mol. The van der Waals surface area contributed by atoms with Gasteiger partial charge in [0, 0.05) is 19.2 Å². The first kappa shape index (κ1) is 21.1. The van der Waals surface area contributed by atoms with Crippen molar-refractivity contribution >= 4 is 12.0 Å². The lowest BCUT2D eigenvalue weighted by Crippen LogP contribution is -2.31. The highest BCUT2D eigenvalue weighted by atomic mass is 16.5. The van der Waals surface area contributed by atoms with E-state index in [9.17, 15) is 4.79 Å². The van der Waals surface area contributed by atoms with E-state index in [2.05, 4.69) is 13.8 Å². The van der Waals surface area contributed by atoms with Gasteiger partial charge in [-0.2, -0.15) is 0 Å². The number of ether oxygens (including phenoxy) is 2. The van der Waals surface area contributed by atoms with Crippen LogP contribution in [-0.4, -0.2) is 38.1 Å². The van der Waals surface area contributed by atoms with Crippen LogP contribution >= 0.6 is 0 Å². The average molecular weight is 347 g/mol. The maximum absolute atomic E-state index is 12.6. The van der Waals surface area contributed by atoms with E-state index in [0.29, 0.717) is 11.5 Å². The molecule has 4 nitrogen and oxygen atoms in total. The minimum absolute atomic E-state index is 0.0852. The molecule has 0 aliphatic heterocycles. The highest BCUT2D eigenvalue weighted by Gasteiger charge is 2.10. The minimum atomic E-state index is 0.0852. The minimum Gasteiger partial charge on any atom is -0.493 e. The number of nitrogens with zero attached hydrogens (tertiary/aromatic N) is 1. The number of hydrogen-bond acceptors (Lipinski definition) is 3. The summed E-state index contributed by atoms with van der Waals surface area (Å²) in [5, 5.41) is 0. The van der Waals surface area contributed by atoms with Crippen LogP contribution in [0.4, 0.5) is 0 Å². The predicted octanol–water partition coefficient (Wildman–Crippen LogP) is 4.93. The first-order valence-electron chi connectivity index (χ1n) is 9.35. The molecule has 1 aromatic rings. The molecule has 1 amide bonds. The zero-order valence-corrected chi connectivity index (χ0v) is 16.2. The average Bonchev–Trinajstić information content (AvgIpc) is 2.64. The fourth-order valence-electron chi connectivity index (χ4n) is 2.67. The lowest BCUT2D eigenvalue weighted by molar-refractivity contribution is -0.126. The smallest absolute Gasteiger partial charge is 0.246 e. The van der Waals surface area contributed by atoms with Crippen LogP contribution in [0.3, 0.4) is 0 Å². The number of amides is 1. The van der Waals surface area contributed by atoms with E-state index >= 15 is 0 Å². The van der Waals surface area contributed by atoms with Crippen molar-refractivity contribution in [3.8, 4) is 11.5 Å². The van der Waals surface area contributed by atoms with E-state index in [1.807, 2.05) is 29.2 Å². The summed E-state index contributed by atoms with van der Waals surface area (Å²) < 4.78 is 10.5. The Hall–Kier alpha value is -1.97. The molecule has 0 saturated heterocycles. The van der Waals surface area contributed by atoms with Gasteiger partial charge in [0.25, 0.3) is 0 Å². The van der Waals surface area contributed by atoms with E-state index in [0.717, 1.165) is 44.3 Å². The van der Waals surface area contributed by atoms with Gasteiger partial charge in [-0.15, -0.1) is 0 Å². The van der Waals surface area contributed by atoms with Gasteiger partial charge in [-0.1, -0.05) is 45.6 Å². The Morgan fingerprint density at radius 1 is 0.960 bits per heavy atom. The first-order chi connectivity index (χ1) is 12.2. The number of benzene rings is 1. The summed E-state index contributed by atoms with van der Waals surface area (Å²) in [6.45, 7) is 6.04. The van der Waals surface area contributed by atoms with Crippen molar-refractivity contribution in [1.82, 2.24) is 4.90 Å². The Bertz CT molecular complexity index is 530. The third kappa shape index (κ3) is 7.63. The Balaban J connectivity index is 2.74. The molecule has 0 unspecified atom stereocenters. The molecular formula is C21H33NO3. The summed E-state index contributed by atoms with van der Waals surface area (Å²) in [6, 6.07) is 5.65. The van der Waals surface area contributed by atoms with Crippen LogP contribution in [0.2, 0.25) is 0 Å². The molecule has 0 atom stereocenters. The van der Waals surface area contributed by atoms with Crippen molar-refractivity contribution < 1.29 is 14.3 Å². The van der Waals surface area contributed by atoms with Gasteiger partial charge in [0.1, 0.15) is 0 Å². The van der Waals surface area contributed by atoms with Crippen LogP contribution in [0, 0.1) is 0 Å². The molecule has 0 bridgehead atoms. The molecule has 4 heteroatoms. The molecule has 0 fully saturated rings. The third-order valence-corrected chi connectivity index (χ3v) is 4.20. The van der Waals surface area contributed by atoms with Crippen LogP contribution < -0.4 is 9.47 Å². The Kier molecular flexibility index (Phi) is 10.5. The van der Waals surface area contributed by atoms with Crippen LogP contribution in [0.15, 0.2) is 24.3 Å². The van der Waals surface area contributed by atoms with Crippen molar-refractivity contribution in [2.45, 2.75) is 52.4 Å². The van der Waals surface area contributed by atoms with Gasteiger partial charge in [0.2, 0.25) is 5.91 Å². The summed E-state index contributed by atoms with van der Waals surface area (Å²) >= 11 is 0. The van der Waals surface area contributed by atoms with Gasteiger partial charge in [0.15, 0.2) is 11.5 Å². The Labute approximate surface area is 152 Å². The topological polar surface area (TPSA) is 38.8 Å². The molecule has 0 heterocycles. The van der Waals surface area contributed by atoms with Crippen molar-refractivity contribution in [1.29, 1.82) is 0 Å². The van der Waals surface area contributed by atoms with Gasteiger partial charge >= 0.3 is 0 Å². The van der Waals surface area contributed by atoms with Gasteiger partial charge < -0.3 is 14.4 Å². The molecular weight excluding hydrogens is 314 g/mol. The van der Waals surface area contributed by atoms with Crippen LogP contribution in [-0.2, 0) is 4.79 Å². The molecule has 0 aliphatic carbocycles. The standard InChI is InChI=1S/C21H33NO3/c1-5-7-9-15-22(16-10-8-6-2)21(23)14-12-18-11-13-19(24-3)20(17-18)25-4/h11-14,17H,5-10,15-16H2,1-4H3. The van der Waals surface area contributed by atoms with Gasteiger partial charge in [0.05, 0.1) is 14.2 Å². The molecule has 0 saturated carbocycles. The van der Waals surface area contributed by atoms with Gasteiger partial charge in [-0.25, -0.2) is 0 Å². The molecule has 140 valence electrons. The second-order valence-corrected chi connectivity index (χ2v) is 6.19. The molecule has 0 aliphatic rings. The summed E-state index contributed by atoms with van der Waals surface area (Å²) in [6.07, 6.45) is 10.3. The molecule has 0 N–H and O–H groups in total. The number of carbonyl (C=O) groups excluding carboxylic acids is 1. The number of unbranched alkanes of at least 4 members (excludes halogenated alkanes) is 4. The van der Waals surface area contributed by atoms with E-state index in [1.54, 1.807) is 20.3 Å². The van der Waals surface area contributed by atoms with Crippen molar-refractivity contribution in [3.05, 3.63) is 29.8 Å². The maximum Gasteiger partial charge on any atom is 0.246 e. The summed E-state index contributed by atoms with van der Waals surface area (Å²) in [5.41, 5.74) is 0.924. The quantitative estimate of drug-likeness (QED) is 0.398. The van der Waals surface area contributed by atoms with E-state index in [-0.39, 0.29) is 5.91 Å². The molecule has 25 heavy (non-hydrogen) atoms. The van der Waals surface area contributed by atoms with Crippen molar-refractivity contribution in [3.63, 3.8) is 0 Å². The summed E-state index contributed by atoms with van der Waals surface area (Å²) in [4.78, 5) is 14.5. The van der Waals surface area contributed by atoms with E-state index in [1.165, 1.54) is 12.8 Å². The van der Waals surface area contributed by atoms with Crippen molar-refractivity contribution in [2.24, 2.45) is 0 Å². The largest absolute Gasteiger partial charge is 0.493 e. The lowest BCUT2D eigenvalue weighted by atomic mass is 10.1. The Morgan fingerprint density at radius 2 is 1.56 bits per heavy atom. The van der Waals surface area contributed by atoms with Crippen LogP contribution in [0.5, 0.6) is 11.5 Å². The van der Waals surface area contributed by atoms with E-state index < -0.39 is 0 Å². The Morgan fingerprint density at radius 3 is 2.08 bits per heavy atom. The van der Waals surface area contributed by atoms with Crippen LogP contribution in [0.1, 0.15) is 57.9 Å². The maximum atomic E-state index is 12.6. The van der Waals surface area contributed by atoms with Gasteiger partial charge in [-0.3, -0.25) is 4.79 Å². The third-order valence-electron chi connectivity index (χ3n) is 4.20. The summed E-state index contributed by atoms with van der Waals surface area (Å²) in [7, 11) is 3.22. The van der Waals surface area contributed by atoms with Gasteiger partial charge in [-0.05, 0) is 36.6 Å². The zero-order chi connectivity index (χ0) is 18.5. The first-order valence-corrected chi connectivity index (χ1v) is 9.35.